The van der Waals surface area contributed by atoms with Gasteiger partial charge in [0.15, 0.2) is 5.78 Å². The first-order valence-electron chi connectivity index (χ1n) is 6.05. The van der Waals surface area contributed by atoms with Gasteiger partial charge in [-0.1, -0.05) is 66.3 Å². The monoisotopic (exact) mass is 358 g/mol. The van der Waals surface area contributed by atoms with Crippen LogP contribution >= 0.6 is 22.6 Å². The van der Waals surface area contributed by atoms with E-state index in [9.17, 15) is 9.90 Å². The second-order valence-electron chi connectivity index (χ2n) is 4.90. The first-order valence-corrected chi connectivity index (χ1v) is 7.30. The molecule has 0 aromatic heterocycles. The molecule has 0 heterocycles. The van der Waals surface area contributed by atoms with E-state index < -0.39 is 6.10 Å². The fraction of sp³-hybridized carbons (Fsp3) is 0.400. The topological polar surface area (TPSA) is 37.3 Å². The number of carbonyl (C=O) groups is 1. The van der Waals surface area contributed by atoms with Crippen LogP contribution in [-0.4, -0.2) is 17.0 Å². The highest BCUT2D eigenvalue weighted by molar-refractivity contribution is 14.1. The van der Waals surface area contributed by atoms with Crippen molar-refractivity contribution in [1.82, 2.24) is 0 Å². The predicted molar refractivity (Wildman–Crippen MR) is 83.1 cm³/mol. The van der Waals surface area contributed by atoms with E-state index in [1.165, 1.54) is 0 Å². The zero-order valence-electron chi connectivity index (χ0n) is 11.0. The zero-order chi connectivity index (χ0) is 13.7. The summed E-state index contributed by atoms with van der Waals surface area (Å²) >= 11 is 2.02. The van der Waals surface area contributed by atoms with Crippen molar-refractivity contribution in [3.8, 4) is 0 Å². The van der Waals surface area contributed by atoms with E-state index in [0.717, 1.165) is 5.56 Å². The van der Waals surface area contributed by atoms with Crippen LogP contribution in [0.25, 0.3) is 0 Å². The molecule has 3 heteroatoms. The molecule has 1 N–H and O–H groups in total. The van der Waals surface area contributed by atoms with Crippen molar-refractivity contribution >= 4 is 28.4 Å². The third-order valence-electron chi connectivity index (χ3n) is 2.75. The van der Waals surface area contributed by atoms with Crippen LogP contribution in [0.3, 0.4) is 0 Å². The molecule has 0 aliphatic heterocycles. The second kappa shape index (κ2) is 7.04. The van der Waals surface area contributed by atoms with Crippen LogP contribution in [0, 0.1) is 12.8 Å². The maximum atomic E-state index is 12.3. The number of benzene rings is 1. The smallest absolute Gasteiger partial charge is 0.192 e. The lowest BCUT2D eigenvalue weighted by Crippen LogP contribution is -2.19. The van der Waals surface area contributed by atoms with Gasteiger partial charge in [0.2, 0.25) is 0 Å². The second-order valence-corrected chi connectivity index (χ2v) is 5.53. The van der Waals surface area contributed by atoms with Crippen LogP contribution in [0.4, 0.5) is 0 Å². The van der Waals surface area contributed by atoms with Crippen LogP contribution in [0.15, 0.2) is 33.9 Å². The molecule has 0 radical (unpaired) electrons. The molecule has 0 saturated heterocycles. The lowest BCUT2D eigenvalue weighted by molar-refractivity contribution is 0.0976. The van der Waals surface area contributed by atoms with Gasteiger partial charge < -0.3 is 5.11 Å². The molecule has 18 heavy (non-hydrogen) atoms. The lowest BCUT2D eigenvalue weighted by atomic mass is 9.94. The van der Waals surface area contributed by atoms with Gasteiger partial charge in [-0.2, -0.15) is 0 Å². The number of carbonyl (C=O) groups excluding carboxylic acids is 1. The standard InChI is InChI=1S/C15H19IO2/c1-10(2)8-14(17)13(9-16)15(18)12-6-4-11(3)5-7-12/h4-7,9-10,14,17H,8H2,1-3H3/b13-9-/t14-/m0/s1. The Labute approximate surface area is 122 Å². The fourth-order valence-electron chi connectivity index (χ4n) is 1.72. The van der Waals surface area contributed by atoms with Gasteiger partial charge in [-0.15, -0.1) is 0 Å². The van der Waals surface area contributed by atoms with E-state index in [-0.39, 0.29) is 5.78 Å². The summed E-state index contributed by atoms with van der Waals surface area (Å²) in [5.41, 5.74) is 2.23. The normalized spacial score (nSPS) is 13.8. The molecule has 98 valence electrons. The van der Waals surface area contributed by atoms with Crippen molar-refractivity contribution in [2.24, 2.45) is 5.92 Å². The van der Waals surface area contributed by atoms with Crippen molar-refractivity contribution in [3.05, 3.63) is 45.0 Å². The summed E-state index contributed by atoms with van der Waals surface area (Å²) in [6, 6.07) is 7.43. The van der Waals surface area contributed by atoms with E-state index >= 15 is 0 Å². The summed E-state index contributed by atoms with van der Waals surface area (Å²) in [5, 5.41) is 10.1. The molecule has 0 unspecified atom stereocenters. The van der Waals surface area contributed by atoms with Crippen molar-refractivity contribution in [1.29, 1.82) is 0 Å². The highest BCUT2D eigenvalue weighted by Crippen LogP contribution is 2.19. The quantitative estimate of drug-likeness (QED) is 0.492. The largest absolute Gasteiger partial charge is 0.388 e. The molecule has 0 saturated carbocycles. The van der Waals surface area contributed by atoms with Gasteiger partial charge >= 0.3 is 0 Å². The number of aryl methyl sites for hydroxylation is 1. The van der Waals surface area contributed by atoms with Crippen LogP contribution in [0.2, 0.25) is 0 Å². The maximum absolute atomic E-state index is 12.3. The number of halogens is 1. The van der Waals surface area contributed by atoms with Crippen molar-refractivity contribution < 1.29 is 9.90 Å². The molecule has 1 aromatic rings. The number of hydrogen-bond acceptors (Lipinski definition) is 2. The first-order chi connectivity index (χ1) is 8.45. The Morgan fingerprint density at radius 1 is 1.33 bits per heavy atom. The van der Waals surface area contributed by atoms with Crippen LogP contribution < -0.4 is 0 Å². The third-order valence-corrected chi connectivity index (χ3v) is 3.42. The molecule has 1 atom stereocenters. The summed E-state index contributed by atoms with van der Waals surface area (Å²) in [5.74, 6) is 0.273. The molecule has 2 nitrogen and oxygen atoms in total. The van der Waals surface area contributed by atoms with Crippen LogP contribution in [0.5, 0.6) is 0 Å². The minimum Gasteiger partial charge on any atom is -0.388 e. The van der Waals surface area contributed by atoms with E-state index in [4.69, 9.17) is 0 Å². The molecule has 1 rings (SSSR count). The molecule has 0 amide bonds. The molecule has 0 fully saturated rings. The number of hydrogen-bond donors (Lipinski definition) is 1. The number of aliphatic hydroxyl groups is 1. The molecule has 0 aliphatic carbocycles. The maximum Gasteiger partial charge on any atom is 0.192 e. The van der Waals surface area contributed by atoms with Gasteiger partial charge in [0.25, 0.3) is 0 Å². The number of ketones is 1. The third kappa shape index (κ3) is 4.21. The van der Waals surface area contributed by atoms with Gasteiger partial charge in [0, 0.05) is 11.1 Å². The summed E-state index contributed by atoms with van der Waals surface area (Å²) in [6.07, 6.45) is -0.0809. The Balaban J connectivity index is 2.89. The fourth-order valence-corrected chi connectivity index (χ4v) is 2.42. The van der Waals surface area contributed by atoms with Crippen LogP contribution in [0.1, 0.15) is 36.2 Å². The van der Waals surface area contributed by atoms with E-state index in [1.54, 1.807) is 16.2 Å². The van der Waals surface area contributed by atoms with Crippen molar-refractivity contribution in [2.75, 3.05) is 0 Å². The average Bonchev–Trinajstić information content (AvgIpc) is 2.29. The van der Waals surface area contributed by atoms with Crippen molar-refractivity contribution in [3.63, 3.8) is 0 Å². The highest BCUT2D eigenvalue weighted by Gasteiger charge is 2.20. The Bertz CT molecular complexity index is 432. The average molecular weight is 358 g/mol. The van der Waals surface area contributed by atoms with Gasteiger partial charge in [-0.3, -0.25) is 4.79 Å². The molecule has 0 bridgehead atoms. The van der Waals surface area contributed by atoms with E-state index in [0.29, 0.717) is 23.5 Å². The summed E-state index contributed by atoms with van der Waals surface area (Å²) in [4.78, 5) is 12.3. The SMILES string of the molecule is Cc1ccc(C(=O)/C(=C\I)[C@@H](O)CC(C)C)cc1. The highest BCUT2D eigenvalue weighted by atomic mass is 127. The molecular formula is C15H19IO2. The summed E-state index contributed by atoms with van der Waals surface area (Å²) in [6.45, 7) is 6.05. The number of aliphatic hydroxyl groups excluding tert-OH is 1. The summed E-state index contributed by atoms with van der Waals surface area (Å²) < 4.78 is 1.69. The van der Waals surface area contributed by atoms with Gasteiger partial charge in [0.05, 0.1) is 6.10 Å². The molecule has 0 spiro atoms. The van der Waals surface area contributed by atoms with E-state index in [1.807, 2.05) is 55.5 Å². The van der Waals surface area contributed by atoms with E-state index in [2.05, 4.69) is 0 Å². The van der Waals surface area contributed by atoms with Gasteiger partial charge in [-0.05, 0) is 23.3 Å². The van der Waals surface area contributed by atoms with Crippen molar-refractivity contribution in [2.45, 2.75) is 33.3 Å². The predicted octanol–water partition coefficient (Wildman–Crippen LogP) is 3.90. The Hall–Kier alpha value is -0.680. The number of Topliss-reactive ketones (excluding diaryl/α,β-unsaturated/α-hetero) is 1. The molecule has 0 aliphatic rings. The first kappa shape index (κ1) is 15.4. The lowest BCUT2D eigenvalue weighted by Gasteiger charge is -2.15. The Kier molecular flexibility index (Phi) is 6.02. The molecular weight excluding hydrogens is 339 g/mol. The van der Waals surface area contributed by atoms with Crippen LogP contribution in [-0.2, 0) is 0 Å². The number of rotatable bonds is 5. The Morgan fingerprint density at radius 2 is 1.89 bits per heavy atom. The summed E-state index contributed by atoms with van der Waals surface area (Å²) in [7, 11) is 0. The van der Waals surface area contributed by atoms with Gasteiger partial charge in [0.1, 0.15) is 0 Å². The van der Waals surface area contributed by atoms with Gasteiger partial charge in [-0.25, -0.2) is 0 Å². The zero-order valence-corrected chi connectivity index (χ0v) is 13.1. The molecule has 1 aromatic carbocycles. The minimum atomic E-state index is -0.685. The minimum absolute atomic E-state index is 0.0856. The Morgan fingerprint density at radius 3 is 2.33 bits per heavy atom.